The third kappa shape index (κ3) is 4.54. The molecule has 0 atom stereocenters. The molecule has 1 aliphatic heterocycles. The van der Waals surface area contributed by atoms with Crippen molar-refractivity contribution in [3.63, 3.8) is 0 Å². The van der Waals surface area contributed by atoms with Gasteiger partial charge in [0.1, 0.15) is 5.60 Å². The molecule has 0 bridgehead atoms. The molecule has 1 N–H and O–H groups in total. The number of carbonyl (C=O) groups is 1. The van der Waals surface area contributed by atoms with Gasteiger partial charge in [0.25, 0.3) is 0 Å². The molecule has 0 radical (unpaired) electrons. The molecule has 25 heavy (non-hydrogen) atoms. The average molecular weight is 362 g/mol. The largest absolute Gasteiger partial charge is 0.444 e. The molecule has 134 valence electrons. The van der Waals surface area contributed by atoms with Gasteiger partial charge in [0.05, 0.1) is 10.7 Å². The van der Waals surface area contributed by atoms with Crippen LogP contribution in [0.15, 0.2) is 30.6 Å². The van der Waals surface area contributed by atoms with Crippen LogP contribution in [0.25, 0.3) is 10.8 Å². The van der Waals surface area contributed by atoms with Crippen LogP contribution in [0.1, 0.15) is 33.6 Å². The molecule has 0 unspecified atom stereocenters. The number of carbonyl (C=O) groups excluding carboxylic acids is 1. The summed E-state index contributed by atoms with van der Waals surface area (Å²) in [5, 5.41) is 6.34. The van der Waals surface area contributed by atoms with E-state index in [-0.39, 0.29) is 12.1 Å². The first-order valence-corrected chi connectivity index (χ1v) is 8.97. The number of halogens is 1. The maximum Gasteiger partial charge on any atom is 0.410 e. The fourth-order valence-corrected chi connectivity index (χ4v) is 3.20. The second-order valence-corrected chi connectivity index (χ2v) is 7.85. The number of likely N-dealkylation sites (tertiary alicyclic amines) is 1. The van der Waals surface area contributed by atoms with Gasteiger partial charge in [-0.1, -0.05) is 11.6 Å². The Kier molecular flexibility index (Phi) is 5.04. The Balaban J connectivity index is 1.61. The predicted octanol–water partition coefficient (Wildman–Crippen LogP) is 4.70. The summed E-state index contributed by atoms with van der Waals surface area (Å²) in [5.74, 6) is 0. The van der Waals surface area contributed by atoms with Crippen LogP contribution in [0.3, 0.4) is 0 Å². The fraction of sp³-hybridized carbons (Fsp3) is 0.474. The third-order valence-electron chi connectivity index (χ3n) is 4.23. The first kappa shape index (κ1) is 17.8. The molecule has 1 aliphatic rings. The lowest BCUT2D eigenvalue weighted by Gasteiger charge is -2.34. The Morgan fingerprint density at radius 3 is 2.68 bits per heavy atom. The summed E-state index contributed by atoms with van der Waals surface area (Å²) in [6, 6.07) is 6.25. The van der Waals surface area contributed by atoms with E-state index in [0.29, 0.717) is 18.1 Å². The number of pyridine rings is 1. The minimum atomic E-state index is -0.459. The van der Waals surface area contributed by atoms with E-state index in [2.05, 4.69) is 16.4 Å². The Labute approximate surface area is 153 Å². The van der Waals surface area contributed by atoms with Crippen molar-refractivity contribution >= 4 is 34.2 Å². The number of nitrogens with zero attached hydrogens (tertiary/aromatic N) is 2. The van der Waals surface area contributed by atoms with Crippen molar-refractivity contribution in [3.05, 3.63) is 35.6 Å². The molecule has 1 amide bonds. The van der Waals surface area contributed by atoms with E-state index in [1.807, 2.05) is 39.1 Å². The minimum Gasteiger partial charge on any atom is -0.444 e. The molecule has 0 aliphatic carbocycles. The first-order chi connectivity index (χ1) is 11.8. The molecule has 3 rings (SSSR count). The minimum absolute atomic E-state index is 0.234. The number of hydrogen-bond donors (Lipinski definition) is 1. The number of hydrogen-bond acceptors (Lipinski definition) is 4. The number of piperidine rings is 1. The molecule has 6 heteroatoms. The molecule has 1 fully saturated rings. The van der Waals surface area contributed by atoms with Gasteiger partial charge in [0.2, 0.25) is 0 Å². The standard InChI is InChI=1S/C19H24ClN3O2/c1-19(2,3)25-18(24)23-8-5-15(6-9-23)22-17-11-13-4-7-21-12-14(13)10-16(17)20/h4,7,10-12,15,22H,5-6,8-9H2,1-3H3. The Morgan fingerprint density at radius 1 is 1.28 bits per heavy atom. The monoisotopic (exact) mass is 361 g/mol. The van der Waals surface area contributed by atoms with E-state index in [1.54, 1.807) is 11.1 Å². The first-order valence-electron chi connectivity index (χ1n) is 8.59. The Hall–Kier alpha value is -2.01. The highest BCUT2D eigenvalue weighted by atomic mass is 35.5. The quantitative estimate of drug-likeness (QED) is 0.842. The summed E-state index contributed by atoms with van der Waals surface area (Å²) in [4.78, 5) is 18.0. The number of aromatic nitrogens is 1. The van der Waals surface area contributed by atoms with Gasteiger partial charge >= 0.3 is 6.09 Å². The molecule has 5 nitrogen and oxygen atoms in total. The van der Waals surface area contributed by atoms with Gasteiger partial charge < -0.3 is 15.0 Å². The Morgan fingerprint density at radius 2 is 2.00 bits per heavy atom. The van der Waals surface area contributed by atoms with E-state index < -0.39 is 5.60 Å². The summed E-state index contributed by atoms with van der Waals surface area (Å²) in [6.45, 7) is 7.02. The lowest BCUT2D eigenvalue weighted by atomic mass is 10.0. The van der Waals surface area contributed by atoms with Crippen molar-refractivity contribution in [1.29, 1.82) is 0 Å². The maximum atomic E-state index is 12.1. The van der Waals surface area contributed by atoms with Crippen molar-refractivity contribution < 1.29 is 9.53 Å². The smallest absolute Gasteiger partial charge is 0.410 e. The number of anilines is 1. The van der Waals surface area contributed by atoms with Crippen molar-refractivity contribution in [2.45, 2.75) is 45.3 Å². The van der Waals surface area contributed by atoms with Gasteiger partial charge in [-0.15, -0.1) is 0 Å². The van der Waals surface area contributed by atoms with Gasteiger partial charge in [-0.3, -0.25) is 4.98 Å². The second-order valence-electron chi connectivity index (χ2n) is 7.44. The van der Waals surface area contributed by atoms with Gasteiger partial charge in [-0.2, -0.15) is 0 Å². The molecule has 2 heterocycles. The number of nitrogens with one attached hydrogen (secondary N) is 1. The van der Waals surface area contributed by atoms with Crippen LogP contribution in [0, 0.1) is 0 Å². The van der Waals surface area contributed by atoms with Crippen LogP contribution >= 0.6 is 11.6 Å². The second kappa shape index (κ2) is 7.08. The molecule has 1 aromatic heterocycles. The average Bonchev–Trinajstić information content (AvgIpc) is 2.54. The van der Waals surface area contributed by atoms with Gasteiger partial charge in [-0.25, -0.2) is 4.79 Å². The van der Waals surface area contributed by atoms with Gasteiger partial charge in [-0.05, 0) is 57.2 Å². The number of amides is 1. The molecule has 2 aromatic rings. The number of benzene rings is 1. The number of rotatable bonds is 2. The highest BCUT2D eigenvalue weighted by molar-refractivity contribution is 6.34. The molecule has 1 saturated heterocycles. The van der Waals surface area contributed by atoms with Crippen molar-refractivity contribution in [3.8, 4) is 0 Å². The summed E-state index contributed by atoms with van der Waals surface area (Å²) in [7, 11) is 0. The van der Waals surface area contributed by atoms with Crippen molar-refractivity contribution in [2.75, 3.05) is 18.4 Å². The third-order valence-corrected chi connectivity index (χ3v) is 4.55. The van der Waals surface area contributed by atoms with Crippen molar-refractivity contribution in [1.82, 2.24) is 9.88 Å². The van der Waals surface area contributed by atoms with E-state index >= 15 is 0 Å². The summed E-state index contributed by atoms with van der Waals surface area (Å²) < 4.78 is 5.44. The Bertz CT molecular complexity index is 765. The summed E-state index contributed by atoms with van der Waals surface area (Å²) in [5.41, 5.74) is 0.468. The summed E-state index contributed by atoms with van der Waals surface area (Å²) in [6.07, 6.45) is 5.08. The molecule has 0 saturated carbocycles. The molecule has 0 spiro atoms. The molecular formula is C19H24ClN3O2. The van der Waals surface area contributed by atoms with Gasteiger partial charge in [0.15, 0.2) is 0 Å². The van der Waals surface area contributed by atoms with Crippen LogP contribution in [-0.4, -0.2) is 40.7 Å². The van der Waals surface area contributed by atoms with Crippen LogP contribution in [0.2, 0.25) is 5.02 Å². The topological polar surface area (TPSA) is 54.5 Å². The van der Waals surface area contributed by atoms with E-state index in [1.165, 1.54) is 0 Å². The number of fused-ring (bicyclic) bond motifs is 1. The fourth-order valence-electron chi connectivity index (χ4n) is 2.97. The highest BCUT2D eigenvalue weighted by Crippen LogP contribution is 2.29. The van der Waals surface area contributed by atoms with Gasteiger partial charge in [0, 0.05) is 36.9 Å². The zero-order chi connectivity index (χ0) is 18.0. The van der Waals surface area contributed by atoms with Crippen LogP contribution in [-0.2, 0) is 4.74 Å². The maximum absolute atomic E-state index is 12.1. The normalized spacial score (nSPS) is 16.1. The number of ether oxygens (including phenoxy) is 1. The SMILES string of the molecule is CC(C)(C)OC(=O)N1CCC(Nc2cc3ccncc3cc2Cl)CC1. The molecular weight excluding hydrogens is 338 g/mol. The van der Waals surface area contributed by atoms with E-state index in [4.69, 9.17) is 16.3 Å². The zero-order valence-corrected chi connectivity index (χ0v) is 15.6. The predicted molar refractivity (Wildman–Crippen MR) is 101 cm³/mol. The highest BCUT2D eigenvalue weighted by Gasteiger charge is 2.27. The van der Waals surface area contributed by atoms with E-state index in [9.17, 15) is 4.79 Å². The van der Waals surface area contributed by atoms with Crippen LogP contribution in [0.5, 0.6) is 0 Å². The lowest BCUT2D eigenvalue weighted by molar-refractivity contribution is 0.0210. The van der Waals surface area contributed by atoms with Crippen LogP contribution in [0.4, 0.5) is 10.5 Å². The summed E-state index contributed by atoms with van der Waals surface area (Å²) >= 11 is 6.40. The lowest BCUT2D eigenvalue weighted by Crippen LogP contribution is -2.44. The zero-order valence-electron chi connectivity index (χ0n) is 14.9. The molecule has 1 aromatic carbocycles. The van der Waals surface area contributed by atoms with Crippen LogP contribution < -0.4 is 5.32 Å². The van der Waals surface area contributed by atoms with Crippen molar-refractivity contribution in [2.24, 2.45) is 0 Å². The van der Waals surface area contributed by atoms with E-state index in [0.717, 1.165) is 29.3 Å².